The highest BCUT2D eigenvalue weighted by Crippen LogP contribution is 2.10. The number of nitrogens with zero attached hydrogens (tertiary/aromatic N) is 2. The Hall–Kier alpha value is -1.61. The molecule has 0 fully saturated rings. The summed E-state index contributed by atoms with van der Waals surface area (Å²) in [5, 5.41) is 3.58. The maximum absolute atomic E-state index is 4.43. The molecule has 1 unspecified atom stereocenters. The van der Waals surface area contributed by atoms with Gasteiger partial charge in [0, 0.05) is 25.0 Å². The molecule has 1 heterocycles. The van der Waals surface area contributed by atoms with Crippen LogP contribution in [-0.4, -0.2) is 15.6 Å². The fraction of sp³-hybridized carbons (Fsp3) is 0.471. The monoisotopic (exact) mass is 271 g/mol. The van der Waals surface area contributed by atoms with Crippen molar-refractivity contribution >= 4 is 0 Å². The van der Waals surface area contributed by atoms with Crippen molar-refractivity contribution in [3.8, 4) is 0 Å². The van der Waals surface area contributed by atoms with E-state index in [4.69, 9.17) is 0 Å². The van der Waals surface area contributed by atoms with Crippen molar-refractivity contribution in [3.63, 3.8) is 0 Å². The number of aryl methyl sites for hydroxylation is 2. The van der Waals surface area contributed by atoms with Gasteiger partial charge in [-0.25, -0.2) is 4.98 Å². The molecule has 3 heteroatoms. The summed E-state index contributed by atoms with van der Waals surface area (Å²) in [6.45, 7) is 8.48. The maximum Gasteiger partial charge on any atom is 0.122 e. The largest absolute Gasteiger partial charge is 0.334 e. The second-order valence-corrected chi connectivity index (χ2v) is 5.45. The molecule has 0 aliphatic rings. The number of hydrogen-bond donors (Lipinski definition) is 1. The predicted octanol–water partition coefficient (Wildman–Crippen LogP) is 3.32. The summed E-state index contributed by atoms with van der Waals surface area (Å²) in [4.78, 5) is 4.43. The number of nitrogens with one attached hydrogen (secondary N) is 1. The predicted molar refractivity (Wildman–Crippen MR) is 83.7 cm³/mol. The molecule has 0 spiro atoms. The van der Waals surface area contributed by atoms with Gasteiger partial charge in [0.2, 0.25) is 0 Å². The van der Waals surface area contributed by atoms with E-state index < -0.39 is 0 Å². The van der Waals surface area contributed by atoms with Gasteiger partial charge in [-0.2, -0.15) is 0 Å². The summed E-state index contributed by atoms with van der Waals surface area (Å²) in [5.74, 6) is 1.13. The number of imidazole rings is 1. The van der Waals surface area contributed by atoms with E-state index in [1.807, 2.05) is 6.20 Å². The van der Waals surface area contributed by atoms with Crippen molar-refractivity contribution < 1.29 is 0 Å². The standard InChI is InChI=1S/C17H25N3/c1-4-10-20-11-9-18-17(20)13-19-15(3)12-16-8-6-5-7-14(16)2/h5-9,11,15,19H,4,10,12-13H2,1-3H3. The molecule has 1 N–H and O–H groups in total. The van der Waals surface area contributed by atoms with Crippen LogP contribution in [0.1, 0.15) is 37.2 Å². The molecule has 0 saturated heterocycles. The van der Waals surface area contributed by atoms with Gasteiger partial charge in [0.1, 0.15) is 5.82 Å². The second kappa shape index (κ2) is 7.25. The van der Waals surface area contributed by atoms with Gasteiger partial charge in [-0.3, -0.25) is 0 Å². The highest BCUT2D eigenvalue weighted by atomic mass is 15.1. The van der Waals surface area contributed by atoms with Gasteiger partial charge in [-0.1, -0.05) is 31.2 Å². The molecule has 0 bridgehead atoms. The van der Waals surface area contributed by atoms with Crippen LogP contribution in [-0.2, 0) is 19.5 Å². The number of aromatic nitrogens is 2. The smallest absolute Gasteiger partial charge is 0.122 e. The zero-order chi connectivity index (χ0) is 14.4. The highest BCUT2D eigenvalue weighted by molar-refractivity contribution is 5.26. The van der Waals surface area contributed by atoms with Crippen LogP contribution >= 0.6 is 0 Å². The highest BCUT2D eigenvalue weighted by Gasteiger charge is 2.07. The average Bonchev–Trinajstić information content (AvgIpc) is 2.87. The summed E-state index contributed by atoms with van der Waals surface area (Å²) < 4.78 is 2.23. The molecule has 1 atom stereocenters. The molecular weight excluding hydrogens is 246 g/mol. The minimum atomic E-state index is 0.447. The van der Waals surface area contributed by atoms with E-state index in [9.17, 15) is 0 Å². The zero-order valence-corrected chi connectivity index (χ0v) is 12.8. The lowest BCUT2D eigenvalue weighted by molar-refractivity contribution is 0.513. The average molecular weight is 271 g/mol. The molecular formula is C17H25N3. The molecule has 2 aromatic rings. The van der Waals surface area contributed by atoms with E-state index >= 15 is 0 Å². The Morgan fingerprint density at radius 3 is 2.85 bits per heavy atom. The van der Waals surface area contributed by atoms with Gasteiger partial charge in [0.05, 0.1) is 6.54 Å². The van der Waals surface area contributed by atoms with Crippen molar-refractivity contribution in [2.75, 3.05) is 0 Å². The molecule has 1 aromatic carbocycles. The Balaban J connectivity index is 1.87. The van der Waals surface area contributed by atoms with Gasteiger partial charge in [-0.05, 0) is 37.8 Å². The molecule has 20 heavy (non-hydrogen) atoms. The van der Waals surface area contributed by atoms with E-state index in [1.165, 1.54) is 11.1 Å². The van der Waals surface area contributed by atoms with Crippen LogP contribution in [0.5, 0.6) is 0 Å². The lowest BCUT2D eigenvalue weighted by atomic mass is 10.0. The Morgan fingerprint density at radius 2 is 2.10 bits per heavy atom. The zero-order valence-electron chi connectivity index (χ0n) is 12.8. The Morgan fingerprint density at radius 1 is 1.30 bits per heavy atom. The van der Waals surface area contributed by atoms with Crippen LogP contribution in [0.15, 0.2) is 36.7 Å². The molecule has 3 nitrogen and oxygen atoms in total. The van der Waals surface area contributed by atoms with Gasteiger partial charge < -0.3 is 9.88 Å². The van der Waals surface area contributed by atoms with Gasteiger partial charge in [0.15, 0.2) is 0 Å². The first-order valence-corrected chi connectivity index (χ1v) is 7.48. The molecule has 108 valence electrons. The molecule has 0 aliphatic carbocycles. The Kier molecular flexibility index (Phi) is 5.36. The first-order valence-electron chi connectivity index (χ1n) is 7.48. The second-order valence-electron chi connectivity index (χ2n) is 5.45. The van der Waals surface area contributed by atoms with Crippen molar-refractivity contribution in [2.24, 2.45) is 0 Å². The van der Waals surface area contributed by atoms with Crippen LogP contribution in [0.25, 0.3) is 0 Å². The summed E-state index contributed by atoms with van der Waals surface area (Å²) in [7, 11) is 0. The third kappa shape index (κ3) is 3.94. The summed E-state index contributed by atoms with van der Waals surface area (Å²) in [6.07, 6.45) is 6.15. The molecule has 2 rings (SSSR count). The van der Waals surface area contributed by atoms with Gasteiger partial charge in [-0.15, -0.1) is 0 Å². The van der Waals surface area contributed by atoms with Crippen molar-refractivity contribution in [2.45, 2.75) is 52.7 Å². The fourth-order valence-electron chi connectivity index (χ4n) is 2.46. The van der Waals surface area contributed by atoms with Crippen molar-refractivity contribution in [1.29, 1.82) is 0 Å². The van der Waals surface area contributed by atoms with Crippen LogP contribution in [0, 0.1) is 6.92 Å². The lowest BCUT2D eigenvalue weighted by Gasteiger charge is -2.15. The SMILES string of the molecule is CCCn1ccnc1CNC(C)Cc1ccccc1C. The number of hydrogen-bond acceptors (Lipinski definition) is 2. The Bertz CT molecular complexity index is 531. The lowest BCUT2D eigenvalue weighted by Crippen LogP contribution is -2.29. The molecule has 0 amide bonds. The minimum Gasteiger partial charge on any atom is -0.334 e. The Labute approximate surface area is 122 Å². The van der Waals surface area contributed by atoms with E-state index in [0.29, 0.717) is 6.04 Å². The number of benzene rings is 1. The van der Waals surface area contributed by atoms with Crippen molar-refractivity contribution in [1.82, 2.24) is 14.9 Å². The van der Waals surface area contributed by atoms with E-state index in [2.05, 4.69) is 66.1 Å². The molecule has 0 aliphatic heterocycles. The molecule has 1 aromatic heterocycles. The molecule has 0 radical (unpaired) electrons. The topological polar surface area (TPSA) is 29.9 Å². The van der Waals surface area contributed by atoms with Crippen LogP contribution < -0.4 is 5.32 Å². The van der Waals surface area contributed by atoms with E-state index in [1.54, 1.807) is 0 Å². The van der Waals surface area contributed by atoms with Crippen LogP contribution in [0.4, 0.5) is 0 Å². The van der Waals surface area contributed by atoms with Gasteiger partial charge >= 0.3 is 0 Å². The van der Waals surface area contributed by atoms with E-state index in [-0.39, 0.29) is 0 Å². The van der Waals surface area contributed by atoms with Crippen molar-refractivity contribution in [3.05, 3.63) is 53.6 Å². The molecule has 0 saturated carbocycles. The van der Waals surface area contributed by atoms with E-state index in [0.717, 1.165) is 31.8 Å². The van der Waals surface area contributed by atoms with Crippen LogP contribution in [0.2, 0.25) is 0 Å². The normalized spacial score (nSPS) is 12.6. The summed E-state index contributed by atoms with van der Waals surface area (Å²) in [5.41, 5.74) is 2.79. The summed E-state index contributed by atoms with van der Waals surface area (Å²) >= 11 is 0. The minimum absolute atomic E-state index is 0.447. The maximum atomic E-state index is 4.43. The van der Waals surface area contributed by atoms with Gasteiger partial charge in [0.25, 0.3) is 0 Å². The first-order chi connectivity index (χ1) is 9.70. The van der Waals surface area contributed by atoms with Crippen LogP contribution in [0.3, 0.4) is 0 Å². The first kappa shape index (κ1) is 14.8. The third-order valence-electron chi connectivity index (χ3n) is 3.66. The fourth-order valence-corrected chi connectivity index (χ4v) is 2.46. The quantitative estimate of drug-likeness (QED) is 0.837. The summed E-state index contributed by atoms with van der Waals surface area (Å²) in [6, 6.07) is 9.05. The third-order valence-corrected chi connectivity index (χ3v) is 3.66. The number of rotatable bonds is 7.